The number of benzene rings is 2. The Balaban J connectivity index is 2.44. The quantitative estimate of drug-likeness (QED) is 0.600. The Morgan fingerprint density at radius 1 is 1.05 bits per heavy atom. The van der Waals surface area contributed by atoms with Crippen molar-refractivity contribution in [2.75, 3.05) is 10.5 Å². The van der Waals surface area contributed by atoms with E-state index in [1.165, 1.54) is 18.2 Å². The van der Waals surface area contributed by atoms with Crippen LogP contribution in [0.4, 0.5) is 11.4 Å². The number of rotatable bonds is 3. The zero-order chi connectivity index (χ0) is 15.8. The summed E-state index contributed by atoms with van der Waals surface area (Å²) in [6, 6.07) is 7.63. The van der Waals surface area contributed by atoms with Gasteiger partial charge in [-0.3, -0.25) is 4.72 Å². The minimum Gasteiger partial charge on any atom is -0.506 e. The summed E-state index contributed by atoms with van der Waals surface area (Å²) < 4.78 is 27.4. The summed E-state index contributed by atoms with van der Waals surface area (Å²) in [5, 5.41) is 9.38. The van der Waals surface area contributed by atoms with E-state index in [4.69, 9.17) is 5.73 Å². The van der Waals surface area contributed by atoms with E-state index in [0.717, 1.165) is 16.7 Å². The van der Waals surface area contributed by atoms with Crippen molar-refractivity contribution < 1.29 is 13.5 Å². The maximum atomic E-state index is 12.4. The largest absolute Gasteiger partial charge is 0.506 e. The fourth-order valence-electron chi connectivity index (χ4n) is 2.23. The zero-order valence-electron chi connectivity index (χ0n) is 12.1. The second-order valence-corrected chi connectivity index (χ2v) is 6.78. The van der Waals surface area contributed by atoms with Crippen LogP contribution in [0.25, 0.3) is 0 Å². The lowest BCUT2D eigenvalue weighted by Gasteiger charge is -2.14. The first-order valence-electron chi connectivity index (χ1n) is 6.40. The lowest BCUT2D eigenvalue weighted by Crippen LogP contribution is -2.15. The molecule has 6 heteroatoms. The van der Waals surface area contributed by atoms with E-state index in [-0.39, 0.29) is 16.3 Å². The van der Waals surface area contributed by atoms with Gasteiger partial charge in [-0.25, -0.2) is 8.42 Å². The number of nitrogen functional groups attached to an aromatic ring is 1. The number of phenols is 1. The van der Waals surface area contributed by atoms with Gasteiger partial charge in [0.05, 0.1) is 16.3 Å². The van der Waals surface area contributed by atoms with Crippen molar-refractivity contribution in [3.8, 4) is 5.75 Å². The van der Waals surface area contributed by atoms with E-state index < -0.39 is 10.0 Å². The van der Waals surface area contributed by atoms with Crippen molar-refractivity contribution in [1.29, 1.82) is 0 Å². The predicted molar refractivity (Wildman–Crippen MR) is 84.0 cm³/mol. The molecule has 0 fully saturated rings. The highest BCUT2D eigenvalue weighted by Gasteiger charge is 2.17. The summed E-state index contributed by atoms with van der Waals surface area (Å²) >= 11 is 0. The summed E-state index contributed by atoms with van der Waals surface area (Å²) in [4.78, 5) is 0.0113. The molecule has 0 unspecified atom stereocenters. The Morgan fingerprint density at radius 2 is 1.62 bits per heavy atom. The van der Waals surface area contributed by atoms with Crippen LogP contribution in [-0.4, -0.2) is 13.5 Å². The van der Waals surface area contributed by atoms with Gasteiger partial charge >= 0.3 is 0 Å². The van der Waals surface area contributed by atoms with Crippen LogP contribution in [-0.2, 0) is 10.0 Å². The Kier molecular flexibility index (Phi) is 3.82. The molecule has 21 heavy (non-hydrogen) atoms. The van der Waals surface area contributed by atoms with Crippen molar-refractivity contribution in [3.05, 3.63) is 47.0 Å². The van der Waals surface area contributed by atoms with Crippen LogP contribution >= 0.6 is 0 Å². The Morgan fingerprint density at radius 3 is 2.14 bits per heavy atom. The maximum absolute atomic E-state index is 12.4. The molecule has 0 heterocycles. The number of hydrogen-bond donors (Lipinski definition) is 3. The average Bonchev–Trinajstić information content (AvgIpc) is 2.37. The molecule has 5 nitrogen and oxygen atoms in total. The second-order valence-electron chi connectivity index (χ2n) is 5.10. The van der Waals surface area contributed by atoms with Crippen LogP contribution in [0.3, 0.4) is 0 Å². The van der Waals surface area contributed by atoms with E-state index in [0.29, 0.717) is 5.69 Å². The molecule has 0 aliphatic heterocycles. The molecule has 112 valence electrons. The minimum atomic E-state index is -3.75. The number of hydrogen-bond acceptors (Lipinski definition) is 4. The molecule has 2 aromatic carbocycles. The SMILES string of the molecule is Cc1cc(C)c(NS(=O)(=O)c2ccc(O)c(N)c2)c(C)c1. The fourth-order valence-corrected chi connectivity index (χ4v) is 3.47. The first kappa shape index (κ1) is 15.2. The van der Waals surface area contributed by atoms with E-state index in [9.17, 15) is 13.5 Å². The van der Waals surface area contributed by atoms with Crippen molar-refractivity contribution in [2.24, 2.45) is 0 Å². The molecule has 0 saturated carbocycles. The Bertz CT molecular complexity index is 776. The molecule has 4 N–H and O–H groups in total. The summed E-state index contributed by atoms with van der Waals surface area (Å²) in [5.41, 5.74) is 8.90. The summed E-state index contributed by atoms with van der Waals surface area (Å²) in [6.07, 6.45) is 0. The summed E-state index contributed by atoms with van der Waals surface area (Å²) in [6.45, 7) is 5.66. The minimum absolute atomic E-state index is 0.0113. The maximum Gasteiger partial charge on any atom is 0.261 e. The molecule has 0 amide bonds. The highest BCUT2D eigenvalue weighted by Crippen LogP contribution is 2.27. The molecule has 0 aromatic heterocycles. The fraction of sp³-hybridized carbons (Fsp3) is 0.200. The first-order chi connectivity index (χ1) is 9.70. The lowest BCUT2D eigenvalue weighted by molar-refractivity contribution is 0.477. The number of phenolic OH excluding ortho intramolecular Hbond substituents is 1. The molecule has 0 aliphatic carbocycles. The van der Waals surface area contributed by atoms with Gasteiger partial charge < -0.3 is 10.8 Å². The average molecular weight is 306 g/mol. The van der Waals surface area contributed by atoms with E-state index in [1.54, 1.807) is 0 Å². The Labute approximate surface area is 124 Å². The van der Waals surface area contributed by atoms with Gasteiger partial charge in [-0.2, -0.15) is 0 Å². The standard InChI is InChI=1S/C15H18N2O3S/c1-9-6-10(2)15(11(3)7-9)17-21(19,20)12-4-5-14(18)13(16)8-12/h4-8,17-18H,16H2,1-3H3. The number of aromatic hydroxyl groups is 1. The van der Waals surface area contributed by atoms with Crippen LogP contribution in [0.2, 0.25) is 0 Å². The van der Waals surface area contributed by atoms with Gasteiger partial charge in [0.2, 0.25) is 0 Å². The van der Waals surface area contributed by atoms with Crippen LogP contribution in [0.5, 0.6) is 5.75 Å². The smallest absolute Gasteiger partial charge is 0.261 e. The zero-order valence-corrected chi connectivity index (χ0v) is 13.0. The number of nitrogens with one attached hydrogen (secondary N) is 1. The molecular formula is C15H18N2O3S. The highest BCUT2D eigenvalue weighted by atomic mass is 32.2. The lowest BCUT2D eigenvalue weighted by atomic mass is 10.1. The summed E-state index contributed by atoms with van der Waals surface area (Å²) in [7, 11) is -3.75. The molecule has 0 radical (unpaired) electrons. The molecule has 0 spiro atoms. The molecular weight excluding hydrogens is 288 g/mol. The van der Waals surface area contributed by atoms with Gasteiger partial charge in [0.15, 0.2) is 0 Å². The Hall–Kier alpha value is -2.21. The number of nitrogens with two attached hydrogens (primary N) is 1. The molecule has 0 bridgehead atoms. The van der Waals surface area contributed by atoms with Crippen LogP contribution < -0.4 is 10.5 Å². The molecule has 0 atom stereocenters. The molecule has 2 rings (SSSR count). The van der Waals surface area contributed by atoms with E-state index in [2.05, 4.69) is 4.72 Å². The van der Waals surface area contributed by atoms with Crippen molar-refractivity contribution in [2.45, 2.75) is 25.7 Å². The third-order valence-corrected chi connectivity index (χ3v) is 4.57. The first-order valence-corrected chi connectivity index (χ1v) is 7.88. The van der Waals surface area contributed by atoms with E-state index in [1.807, 2.05) is 32.9 Å². The normalized spacial score (nSPS) is 11.4. The van der Waals surface area contributed by atoms with Gasteiger partial charge in [-0.15, -0.1) is 0 Å². The highest BCUT2D eigenvalue weighted by molar-refractivity contribution is 7.92. The van der Waals surface area contributed by atoms with Gasteiger partial charge in [0.1, 0.15) is 5.75 Å². The molecule has 0 aliphatic rings. The van der Waals surface area contributed by atoms with Gasteiger partial charge in [-0.1, -0.05) is 17.7 Å². The number of anilines is 2. The topological polar surface area (TPSA) is 92.4 Å². The third kappa shape index (κ3) is 3.11. The number of sulfonamides is 1. The molecule has 2 aromatic rings. The van der Waals surface area contributed by atoms with Gasteiger partial charge in [0.25, 0.3) is 10.0 Å². The van der Waals surface area contributed by atoms with Crippen LogP contribution in [0.15, 0.2) is 35.2 Å². The molecule has 0 saturated heterocycles. The summed E-state index contributed by atoms with van der Waals surface area (Å²) in [5.74, 6) is -0.142. The predicted octanol–water partition coefficient (Wildman–Crippen LogP) is 2.70. The van der Waals surface area contributed by atoms with Gasteiger partial charge in [0, 0.05) is 0 Å². The van der Waals surface area contributed by atoms with Crippen molar-refractivity contribution >= 4 is 21.4 Å². The third-order valence-electron chi connectivity index (χ3n) is 3.22. The monoisotopic (exact) mass is 306 g/mol. The van der Waals surface area contributed by atoms with Crippen LogP contribution in [0, 0.1) is 20.8 Å². The van der Waals surface area contributed by atoms with Crippen molar-refractivity contribution in [1.82, 2.24) is 0 Å². The van der Waals surface area contributed by atoms with Gasteiger partial charge in [-0.05, 0) is 50.1 Å². The second kappa shape index (κ2) is 5.29. The van der Waals surface area contributed by atoms with Crippen LogP contribution in [0.1, 0.15) is 16.7 Å². The number of aryl methyl sites for hydroxylation is 3. The van der Waals surface area contributed by atoms with Crippen molar-refractivity contribution in [3.63, 3.8) is 0 Å². The van der Waals surface area contributed by atoms with E-state index >= 15 is 0 Å².